The molecule has 0 saturated carbocycles. The van der Waals surface area contributed by atoms with Crippen LogP contribution in [0.25, 0.3) is 0 Å². The first-order chi connectivity index (χ1) is 10.7. The van der Waals surface area contributed by atoms with Crippen LogP contribution in [0.1, 0.15) is 21.5 Å². The molecular weight excluding hydrogens is 343 g/mol. The van der Waals surface area contributed by atoms with Gasteiger partial charge in [0.15, 0.2) is 6.29 Å². The summed E-state index contributed by atoms with van der Waals surface area (Å²) in [6.45, 7) is -0.433. The van der Waals surface area contributed by atoms with E-state index in [1.807, 2.05) is 0 Å². The molecule has 0 unspecified atom stereocenters. The molecule has 0 amide bonds. The van der Waals surface area contributed by atoms with Gasteiger partial charge in [-0.2, -0.15) is 13.2 Å². The van der Waals surface area contributed by atoms with Crippen molar-refractivity contribution in [3.05, 3.63) is 63.7 Å². The van der Waals surface area contributed by atoms with Crippen LogP contribution in [0.3, 0.4) is 0 Å². The van der Waals surface area contributed by atoms with Gasteiger partial charge in [-0.15, -0.1) is 0 Å². The third-order valence-corrected chi connectivity index (χ3v) is 3.26. The number of hydrogen-bond acceptors (Lipinski definition) is 2. The summed E-state index contributed by atoms with van der Waals surface area (Å²) in [6.07, 6.45) is -4.52. The zero-order valence-corrected chi connectivity index (χ0v) is 12.0. The van der Waals surface area contributed by atoms with Crippen LogP contribution in [-0.4, -0.2) is 6.29 Å². The van der Waals surface area contributed by atoms with Crippen LogP contribution in [0.2, 0.25) is 5.02 Å². The molecule has 23 heavy (non-hydrogen) atoms. The van der Waals surface area contributed by atoms with E-state index in [-0.39, 0.29) is 22.6 Å². The fourth-order valence-corrected chi connectivity index (χ4v) is 2.02. The Balaban J connectivity index is 2.21. The van der Waals surface area contributed by atoms with Gasteiger partial charge in [0.1, 0.15) is 24.0 Å². The molecule has 0 aliphatic heterocycles. The molecule has 2 aromatic carbocycles. The lowest BCUT2D eigenvalue weighted by molar-refractivity contribution is -0.137. The second kappa shape index (κ2) is 6.54. The highest BCUT2D eigenvalue weighted by Gasteiger charge is 2.31. The Hall–Kier alpha value is -2.15. The van der Waals surface area contributed by atoms with E-state index in [2.05, 4.69) is 0 Å². The van der Waals surface area contributed by atoms with Crippen LogP contribution in [0.4, 0.5) is 22.0 Å². The van der Waals surface area contributed by atoms with Crippen molar-refractivity contribution >= 4 is 17.9 Å². The number of halogens is 6. The van der Waals surface area contributed by atoms with E-state index in [9.17, 15) is 26.7 Å². The van der Waals surface area contributed by atoms with Crippen LogP contribution in [0, 0.1) is 11.6 Å². The molecule has 2 nitrogen and oxygen atoms in total. The molecule has 8 heteroatoms. The van der Waals surface area contributed by atoms with Crippen molar-refractivity contribution in [3.8, 4) is 5.75 Å². The van der Waals surface area contributed by atoms with Crippen LogP contribution < -0.4 is 4.74 Å². The van der Waals surface area contributed by atoms with E-state index in [0.717, 1.165) is 24.3 Å². The normalized spacial score (nSPS) is 11.4. The summed E-state index contributed by atoms with van der Waals surface area (Å²) in [4.78, 5) is 10.6. The van der Waals surface area contributed by atoms with Gasteiger partial charge < -0.3 is 4.74 Å². The lowest BCUT2D eigenvalue weighted by Gasteiger charge is -2.12. The van der Waals surface area contributed by atoms with Gasteiger partial charge in [-0.3, -0.25) is 4.79 Å². The van der Waals surface area contributed by atoms with Crippen LogP contribution in [0.15, 0.2) is 30.3 Å². The minimum absolute atomic E-state index is 0.0271. The second-order valence-electron chi connectivity index (χ2n) is 4.48. The molecule has 0 saturated heterocycles. The molecule has 0 atom stereocenters. The number of hydrogen-bond donors (Lipinski definition) is 0. The van der Waals surface area contributed by atoms with Crippen LogP contribution in [0.5, 0.6) is 5.75 Å². The van der Waals surface area contributed by atoms with Gasteiger partial charge in [0, 0.05) is 5.56 Å². The summed E-state index contributed by atoms with van der Waals surface area (Å²) >= 11 is 5.69. The molecule has 0 bridgehead atoms. The lowest BCUT2D eigenvalue weighted by Crippen LogP contribution is -2.06. The Morgan fingerprint density at radius 1 is 1.13 bits per heavy atom. The third kappa shape index (κ3) is 3.79. The summed E-state index contributed by atoms with van der Waals surface area (Å²) in [5.74, 6) is -2.21. The molecule has 0 aromatic heterocycles. The van der Waals surface area contributed by atoms with Crippen molar-refractivity contribution in [2.75, 3.05) is 0 Å². The van der Waals surface area contributed by atoms with E-state index < -0.39 is 35.5 Å². The minimum atomic E-state index is -4.55. The largest absolute Gasteiger partial charge is 0.487 e. The van der Waals surface area contributed by atoms with Gasteiger partial charge in [0.2, 0.25) is 0 Å². The molecule has 0 fully saturated rings. The van der Waals surface area contributed by atoms with E-state index in [4.69, 9.17) is 16.3 Å². The van der Waals surface area contributed by atoms with Crippen LogP contribution in [-0.2, 0) is 12.8 Å². The monoisotopic (exact) mass is 350 g/mol. The number of aldehydes is 1. The fourth-order valence-electron chi connectivity index (χ4n) is 1.78. The molecule has 2 aromatic rings. The molecule has 0 N–H and O–H groups in total. The Morgan fingerprint density at radius 3 is 2.39 bits per heavy atom. The van der Waals surface area contributed by atoms with Gasteiger partial charge in [0.05, 0.1) is 16.1 Å². The van der Waals surface area contributed by atoms with Crippen molar-refractivity contribution in [1.82, 2.24) is 0 Å². The first-order valence-corrected chi connectivity index (χ1v) is 6.53. The van der Waals surface area contributed by atoms with Crippen molar-refractivity contribution in [1.29, 1.82) is 0 Å². The second-order valence-corrected chi connectivity index (χ2v) is 4.89. The van der Waals surface area contributed by atoms with E-state index in [0.29, 0.717) is 6.07 Å². The molecule has 0 heterocycles. The van der Waals surface area contributed by atoms with Crippen molar-refractivity contribution in [2.24, 2.45) is 0 Å². The van der Waals surface area contributed by atoms with Crippen LogP contribution >= 0.6 is 11.6 Å². The van der Waals surface area contributed by atoms with Gasteiger partial charge in [-0.1, -0.05) is 11.6 Å². The first-order valence-electron chi connectivity index (χ1n) is 6.15. The summed E-state index contributed by atoms with van der Waals surface area (Å²) in [5, 5.41) is -0.307. The Morgan fingerprint density at radius 2 is 1.83 bits per heavy atom. The molecular formula is C15H8ClF5O2. The quantitative estimate of drug-likeness (QED) is 0.571. The highest BCUT2D eigenvalue weighted by Crippen LogP contribution is 2.35. The maximum absolute atomic E-state index is 13.8. The molecule has 2 rings (SSSR count). The predicted octanol–water partition coefficient (Wildman–Crippen LogP) is 5.03. The van der Waals surface area contributed by atoms with Gasteiger partial charge in [-0.25, -0.2) is 8.78 Å². The van der Waals surface area contributed by atoms with Crippen molar-refractivity contribution in [3.63, 3.8) is 0 Å². The van der Waals surface area contributed by atoms with E-state index >= 15 is 0 Å². The standard InChI is InChI=1S/C15H8ClF5O2/c16-11-5-9(15(19,20)21)2-4-13(11)23-7-8-1-3-12(17)10(6-22)14(8)18/h1-6H,7H2. The number of ether oxygens (including phenoxy) is 1. The Labute approximate surface area is 132 Å². The highest BCUT2D eigenvalue weighted by molar-refractivity contribution is 6.32. The minimum Gasteiger partial charge on any atom is -0.487 e. The molecule has 0 aliphatic rings. The van der Waals surface area contributed by atoms with Gasteiger partial charge in [-0.05, 0) is 30.3 Å². The summed E-state index contributed by atoms with van der Waals surface area (Å²) in [5.41, 5.74) is -1.83. The molecule has 0 aliphatic carbocycles. The predicted molar refractivity (Wildman–Crippen MR) is 72.5 cm³/mol. The number of carbonyl (C=O) groups excluding carboxylic acids is 1. The number of benzene rings is 2. The van der Waals surface area contributed by atoms with E-state index in [1.54, 1.807) is 0 Å². The summed E-state index contributed by atoms with van der Waals surface area (Å²) in [6, 6.07) is 4.39. The fraction of sp³-hybridized carbons (Fsp3) is 0.133. The maximum atomic E-state index is 13.8. The number of alkyl halides is 3. The van der Waals surface area contributed by atoms with Gasteiger partial charge >= 0.3 is 6.18 Å². The average molecular weight is 351 g/mol. The Bertz CT molecular complexity index is 743. The lowest BCUT2D eigenvalue weighted by atomic mass is 10.1. The topological polar surface area (TPSA) is 26.3 Å². The van der Waals surface area contributed by atoms with E-state index in [1.165, 1.54) is 0 Å². The first kappa shape index (κ1) is 17.2. The zero-order valence-electron chi connectivity index (χ0n) is 11.3. The molecule has 0 spiro atoms. The Kier molecular flexibility index (Phi) is 4.89. The van der Waals surface area contributed by atoms with Crippen molar-refractivity contribution < 1.29 is 31.5 Å². The average Bonchev–Trinajstić information content (AvgIpc) is 2.47. The number of rotatable bonds is 4. The zero-order chi connectivity index (χ0) is 17.2. The SMILES string of the molecule is O=Cc1c(F)ccc(COc2ccc(C(F)(F)F)cc2Cl)c1F. The smallest absolute Gasteiger partial charge is 0.416 e. The van der Waals surface area contributed by atoms with Gasteiger partial charge in [0.25, 0.3) is 0 Å². The summed E-state index contributed by atoms with van der Waals surface area (Å²) < 4.78 is 69.7. The number of carbonyl (C=O) groups is 1. The summed E-state index contributed by atoms with van der Waals surface area (Å²) in [7, 11) is 0. The molecule has 0 radical (unpaired) electrons. The third-order valence-electron chi connectivity index (χ3n) is 2.97. The molecule has 122 valence electrons. The maximum Gasteiger partial charge on any atom is 0.416 e. The highest BCUT2D eigenvalue weighted by atomic mass is 35.5. The van der Waals surface area contributed by atoms with Crippen molar-refractivity contribution in [2.45, 2.75) is 12.8 Å².